The number of aliphatic hydroxyl groups excluding tert-OH is 1. The van der Waals surface area contributed by atoms with Crippen LogP contribution in [0.4, 0.5) is 0 Å². The van der Waals surface area contributed by atoms with Crippen LogP contribution in [0.15, 0.2) is 0 Å². The molecular formula is C5H9NO3. The molecule has 0 aliphatic carbocycles. The van der Waals surface area contributed by atoms with Crippen molar-refractivity contribution in [2.24, 2.45) is 0 Å². The number of rotatable bonds is 1. The van der Waals surface area contributed by atoms with Gasteiger partial charge in [0.25, 0.3) is 0 Å². The Kier molecular flexibility index (Phi) is 1.34. The Hall–Kier alpha value is -0.610. The molecule has 4 nitrogen and oxygen atoms in total. The lowest BCUT2D eigenvalue weighted by Gasteiger charge is -1.99. The van der Waals surface area contributed by atoms with Crippen LogP contribution >= 0.6 is 0 Å². The molecule has 4 heteroatoms. The highest BCUT2D eigenvalue weighted by Gasteiger charge is 2.27. The molecule has 1 unspecified atom stereocenters. The molecule has 0 aromatic carbocycles. The van der Waals surface area contributed by atoms with Crippen LogP contribution < -0.4 is 5.32 Å². The van der Waals surface area contributed by atoms with E-state index in [9.17, 15) is 4.79 Å². The Balaban J connectivity index is 2.57. The maximum atomic E-state index is 10.3. The Labute approximate surface area is 53.9 Å². The molecule has 0 aromatic rings. The van der Waals surface area contributed by atoms with Crippen LogP contribution in [0.5, 0.6) is 0 Å². The third kappa shape index (κ3) is 1.40. The van der Waals surface area contributed by atoms with E-state index in [1.807, 2.05) is 0 Å². The topological polar surface area (TPSA) is 69.6 Å². The number of hydrogen-bond donors (Lipinski definition) is 3. The molecule has 1 saturated heterocycles. The molecule has 0 saturated carbocycles. The van der Waals surface area contributed by atoms with E-state index in [4.69, 9.17) is 11.6 Å². The van der Waals surface area contributed by atoms with E-state index in [-0.39, 0.29) is 6.54 Å². The minimum Gasteiger partial charge on any atom is -0.480 e. The fourth-order valence-corrected chi connectivity index (χ4v) is 0.776. The second kappa shape index (κ2) is 2.33. The molecule has 0 aromatic heterocycles. The zero-order valence-electron chi connectivity index (χ0n) is 5.74. The first-order valence-corrected chi connectivity index (χ1v) is 2.69. The fraction of sp³-hybridized carbons (Fsp3) is 0.800. The Morgan fingerprint density at radius 3 is 2.78 bits per heavy atom. The highest BCUT2D eigenvalue weighted by atomic mass is 16.4. The van der Waals surface area contributed by atoms with E-state index in [2.05, 4.69) is 5.32 Å². The van der Waals surface area contributed by atoms with Gasteiger partial charge >= 0.3 is 5.97 Å². The quantitative estimate of drug-likeness (QED) is 0.419. The summed E-state index contributed by atoms with van der Waals surface area (Å²) in [5.74, 6) is -1.07. The molecule has 3 N–H and O–H groups in total. The number of carboxylic acids is 1. The Morgan fingerprint density at radius 1 is 1.89 bits per heavy atom. The van der Waals surface area contributed by atoms with Crippen molar-refractivity contribution in [2.75, 3.05) is 6.54 Å². The Morgan fingerprint density at radius 2 is 2.56 bits per heavy atom. The molecule has 0 amide bonds. The predicted octanol–water partition coefficient (Wildman–Crippen LogP) is -1.21. The third-order valence-electron chi connectivity index (χ3n) is 1.23. The number of carboxylic acid groups (broad SMARTS) is 1. The van der Waals surface area contributed by atoms with E-state index >= 15 is 0 Å². The van der Waals surface area contributed by atoms with E-state index in [1.165, 1.54) is 0 Å². The number of nitrogens with one attached hydrogen (secondary N) is 1. The first-order valence-electron chi connectivity index (χ1n) is 3.27. The normalized spacial score (nSPS) is 44.6. The Bertz CT molecular complexity index is 152. The number of aliphatic carboxylic acids is 1. The summed E-state index contributed by atoms with van der Waals surface area (Å²) in [6, 6.07) is -0.907. The second-order valence-electron chi connectivity index (χ2n) is 1.98. The smallest absolute Gasteiger partial charge is 0.320 e. The highest BCUT2D eigenvalue weighted by molar-refractivity contribution is 5.73. The first kappa shape index (κ1) is 5.20. The zero-order valence-corrected chi connectivity index (χ0v) is 4.74. The minimum atomic E-state index is -1.07. The molecule has 1 aliphatic rings. The number of β-amino-alcohol motifs (C(OH)–C–C–N with tert-alkyl or cyclic N) is 1. The largest absolute Gasteiger partial charge is 0.480 e. The van der Waals surface area contributed by atoms with Gasteiger partial charge < -0.3 is 15.5 Å². The molecular weight excluding hydrogens is 122 g/mol. The summed E-state index contributed by atoms with van der Waals surface area (Å²) in [4.78, 5) is 10.3. The minimum absolute atomic E-state index is 0.200. The van der Waals surface area contributed by atoms with Gasteiger partial charge in [-0.25, -0.2) is 0 Å². The van der Waals surface area contributed by atoms with Crippen molar-refractivity contribution in [3.63, 3.8) is 0 Å². The summed E-state index contributed by atoms with van der Waals surface area (Å²) in [5.41, 5.74) is 0. The van der Waals surface area contributed by atoms with Crippen LogP contribution in [0.1, 0.15) is 7.77 Å². The van der Waals surface area contributed by atoms with Gasteiger partial charge in [-0.05, 0) is 0 Å². The van der Waals surface area contributed by atoms with Gasteiger partial charge in [-0.3, -0.25) is 4.79 Å². The lowest BCUT2D eigenvalue weighted by Crippen LogP contribution is -2.29. The van der Waals surface area contributed by atoms with Gasteiger partial charge in [-0.2, -0.15) is 0 Å². The maximum absolute atomic E-state index is 10.3. The summed E-state index contributed by atoms with van der Waals surface area (Å²) < 4.78 is 7.13. The van der Waals surface area contributed by atoms with E-state index < -0.39 is 24.5 Å². The molecule has 9 heavy (non-hydrogen) atoms. The summed E-state index contributed by atoms with van der Waals surface area (Å²) >= 11 is 0. The average molecular weight is 132 g/mol. The van der Waals surface area contributed by atoms with Crippen LogP contribution in [-0.4, -0.2) is 34.9 Å². The van der Waals surface area contributed by atoms with Crippen molar-refractivity contribution in [3.8, 4) is 0 Å². The van der Waals surface area contributed by atoms with Crippen LogP contribution in [-0.2, 0) is 4.79 Å². The van der Waals surface area contributed by atoms with Gasteiger partial charge in [0.15, 0.2) is 0 Å². The highest BCUT2D eigenvalue weighted by Crippen LogP contribution is 2.05. The standard InChI is InChI=1S/C5H9NO3/c7-3-1-4(5(8)9)6-2-3/h3-4,6-7H,1-2H2,(H,8,9)/t3-,4+/m1/s1/i1D/t1?,3-,4+. The van der Waals surface area contributed by atoms with Crippen molar-refractivity contribution < 1.29 is 16.4 Å². The van der Waals surface area contributed by atoms with E-state index in [0.29, 0.717) is 0 Å². The average Bonchev–Trinajstić information content (AvgIpc) is 2.14. The lowest BCUT2D eigenvalue weighted by atomic mass is 10.2. The lowest BCUT2D eigenvalue weighted by molar-refractivity contribution is -0.139. The summed E-state index contributed by atoms with van der Waals surface area (Å²) in [6.45, 7) is 0.200. The van der Waals surface area contributed by atoms with Crippen molar-refractivity contribution in [1.29, 1.82) is 0 Å². The van der Waals surface area contributed by atoms with Gasteiger partial charge in [0.05, 0.1) is 6.10 Å². The van der Waals surface area contributed by atoms with Crippen molar-refractivity contribution in [3.05, 3.63) is 0 Å². The number of aliphatic hydroxyl groups is 1. The number of hydrogen-bond acceptors (Lipinski definition) is 3. The van der Waals surface area contributed by atoms with Crippen LogP contribution in [0.2, 0.25) is 0 Å². The van der Waals surface area contributed by atoms with Crippen molar-refractivity contribution in [1.82, 2.24) is 5.32 Å². The summed E-state index contributed by atoms with van der Waals surface area (Å²) in [6.07, 6.45) is -1.78. The van der Waals surface area contributed by atoms with Gasteiger partial charge in [-0.15, -0.1) is 0 Å². The van der Waals surface area contributed by atoms with E-state index in [1.54, 1.807) is 0 Å². The molecule has 1 aliphatic heterocycles. The molecule has 1 heterocycles. The number of carbonyl (C=O) groups is 1. The van der Waals surface area contributed by atoms with Crippen molar-refractivity contribution >= 4 is 5.97 Å². The van der Waals surface area contributed by atoms with Crippen LogP contribution in [0, 0.1) is 0 Å². The molecule has 1 rings (SSSR count). The van der Waals surface area contributed by atoms with Gasteiger partial charge in [0.1, 0.15) is 6.04 Å². The van der Waals surface area contributed by atoms with Crippen LogP contribution in [0.25, 0.3) is 0 Å². The molecule has 0 bridgehead atoms. The summed E-state index contributed by atoms with van der Waals surface area (Å²) in [7, 11) is 0. The second-order valence-corrected chi connectivity index (χ2v) is 1.98. The van der Waals surface area contributed by atoms with Gasteiger partial charge in [0.2, 0.25) is 0 Å². The van der Waals surface area contributed by atoms with Crippen molar-refractivity contribution in [2.45, 2.75) is 18.5 Å². The predicted molar refractivity (Wildman–Crippen MR) is 30.1 cm³/mol. The molecule has 3 atom stereocenters. The molecule has 1 fully saturated rings. The summed E-state index contributed by atoms with van der Waals surface area (Å²) in [5, 5.41) is 19.8. The maximum Gasteiger partial charge on any atom is 0.320 e. The molecule has 0 spiro atoms. The SMILES string of the molecule is [2H]C1[C@@H](C(=O)O)NC[C@@H]1O. The first-order chi connectivity index (χ1) is 4.63. The zero-order chi connectivity index (χ0) is 7.72. The van der Waals surface area contributed by atoms with Gasteiger partial charge in [0, 0.05) is 14.3 Å². The molecule has 0 radical (unpaired) electrons. The van der Waals surface area contributed by atoms with Gasteiger partial charge in [-0.1, -0.05) is 0 Å². The third-order valence-corrected chi connectivity index (χ3v) is 1.23. The fourth-order valence-electron chi connectivity index (χ4n) is 0.776. The monoisotopic (exact) mass is 132 g/mol. The van der Waals surface area contributed by atoms with Crippen LogP contribution in [0.3, 0.4) is 0 Å². The molecule has 52 valence electrons. The van der Waals surface area contributed by atoms with E-state index in [0.717, 1.165) is 0 Å².